The minimum atomic E-state index is 0.244. The summed E-state index contributed by atoms with van der Waals surface area (Å²) in [5.74, 6) is 0.244. The standard InChI is InChI=1S/C16H22N4O/c1-3-20-15-7-5-4-6-13(15)14(18-20)10-17-12-8-9-16(21)19(2)11-12/h4-7,12,17H,3,8-11H2,1-2H3. The predicted octanol–water partition coefficient (Wildman–Crippen LogP) is 1.77. The van der Waals surface area contributed by atoms with Crippen molar-refractivity contribution in [1.82, 2.24) is 20.0 Å². The molecule has 112 valence electrons. The van der Waals surface area contributed by atoms with Gasteiger partial charge in [-0.2, -0.15) is 5.10 Å². The van der Waals surface area contributed by atoms with Gasteiger partial charge in [0.2, 0.25) is 5.91 Å². The number of aromatic nitrogens is 2. The van der Waals surface area contributed by atoms with E-state index in [4.69, 9.17) is 5.10 Å². The van der Waals surface area contributed by atoms with Gasteiger partial charge >= 0.3 is 0 Å². The summed E-state index contributed by atoms with van der Waals surface area (Å²) >= 11 is 0. The Morgan fingerprint density at radius 3 is 2.95 bits per heavy atom. The van der Waals surface area contributed by atoms with Gasteiger partial charge in [0.15, 0.2) is 0 Å². The normalized spacial score (nSPS) is 19.4. The highest BCUT2D eigenvalue weighted by Crippen LogP contribution is 2.19. The number of likely N-dealkylation sites (N-methyl/N-ethyl adjacent to an activating group) is 1. The molecule has 2 aromatic rings. The smallest absolute Gasteiger partial charge is 0.222 e. The number of para-hydroxylation sites is 1. The second kappa shape index (κ2) is 5.85. The van der Waals surface area contributed by atoms with Crippen LogP contribution in [0.1, 0.15) is 25.5 Å². The molecule has 1 aliphatic rings. The van der Waals surface area contributed by atoms with E-state index in [9.17, 15) is 4.79 Å². The molecule has 5 heteroatoms. The molecule has 5 nitrogen and oxygen atoms in total. The van der Waals surface area contributed by atoms with E-state index in [1.807, 2.05) is 16.6 Å². The van der Waals surface area contributed by atoms with E-state index < -0.39 is 0 Å². The van der Waals surface area contributed by atoms with Crippen molar-refractivity contribution in [3.8, 4) is 0 Å². The fraction of sp³-hybridized carbons (Fsp3) is 0.500. The molecule has 1 aromatic carbocycles. The monoisotopic (exact) mass is 286 g/mol. The summed E-state index contributed by atoms with van der Waals surface area (Å²) in [4.78, 5) is 13.3. The number of hydrogen-bond donors (Lipinski definition) is 1. The summed E-state index contributed by atoms with van der Waals surface area (Å²) in [6, 6.07) is 8.71. The highest BCUT2D eigenvalue weighted by Gasteiger charge is 2.22. The van der Waals surface area contributed by atoms with Crippen molar-refractivity contribution in [1.29, 1.82) is 0 Å². The molecule has 0 radical (unpaired) electrons. The van der Waals surface area contributed by atoms with E-state index in [0.717, 1.165) is 31.7 Å². The first-order valence-electron chi connectivity index (χ1n) is 7.60. The van der Waals surface area contributed by atoms with Crippen LogP contribution in [0.2, 0.25) is 0 Å². The Hall–Kier alpha value is -1.88. The zero-order chi connectivity index (χ0) is 14.8. The summed E-state index contributed by atoms with van der Waals surface area (Å²) < 4.78 is 2.04. The number of benzene rings is 1. The molecule has 1 saturated heterocycles. The number of aryl methyl sites for hydroxylation is 1. The number of amides is 1. The molecule has 1 N–H and O–H groups in total. The van der Waals surface area contributed by atoms with Crippen LogP contribution < -0.4 is 5.32 Å². The molecule has 1 atom stereocenters. The van der Waals surface area contributed by atoms with Crippen LogP contribution in [0.3, 0.4) is 0 Å². The number of rotatable bonds is 4. The topological polar surface area (TPSA) is 50.2 Å². The molecule has 3 rings (SSSR count). The molecule has 1 amide bonds. The fourth-order valence-corrected chi connectivity index (χ4v) is 2.99. The maximum absolute atomic E-state index is 11.5. The largest absolute Gasteiger partial charge is 0.344 e. The number of nitrogens with zero attached hydrogens (tertiary/aromatic N) is 3. The number of piperidine rings is 1. The Morgan fingerprint density at radius 2 is 2.19 bits per heavy atom. The van der Waals surface area contributed by atoms with Gasteiger partial charge in [-0.25, -0.2) is 0 Å². The Morgan fingerprint density at radius 1 is 1.38 bits per heavy atom. The van der Waals surface area contributed by atoms with E-state index >= 15 is 0 Å². The highest BCUT2D eigenvalue weighted by molar-refractivity contribution is 5.82. The van der Waals surface area contributed by atoms with Crippen molar-refractivity contribution < 1.29 is 4.79 Å². The molecule has 1 unspecified atom stereocenters. The lowest BCUT2D eigenvalue weighted by atomic mass is 10.1. The number of carbonyl (C=O) groups is 1. The fourth-order valence-electron chi connectivity index (χ4n) is 2.99. The lowest BCUT2D eigenvalue weighted by Gasteiger charge is -2.30. The average Bonchev–Trinajstić information content (AvgIpc) is 2.87. The number of hydrogen-bond acceptors (Lipinski definition) is 3. The quantitative estimate of drug-likeness (QED) is 0.932. The van der Waals surface area contributed by atoms with E-state index in [1.54, 1.807) is 0 Å². The van der Waals surface area contributed by atoms with Crippen molar-refractivity contribution in [2.45, 2.75) is 38.9 Å². The average molecular weight is 286 g/mol. The molecule has 0 spiro atoms. The van der Waals surface area contributed by atoms with Gasteiger partial charge in [-0.05, 0) is 19.4 Å². The molecule has 0 saturated carbocycles. The Bertz CT molecular complexity index is 649. The van der Waals surface area contributed by atoms with Gasteiger partial charge in [0.25, 0.3) is 0 Å². The van der Waals surface area contributed by atoms with Crippen molar-refractivity contribution >= 4 is 16.8 Å². The molecule has 21 heavy (non-hydrogen) atoms. The zero-order valence-corrected chi connectivity index (χ0v) is 12.7. The molecule has 2 heterocycles. The van der Waals surface area contributed by atoms with Crippen LogP contribution in [0.4, 0.5) is 0 Å². The van der Waals surface area contributed by atoms with Crippen LogP contribution in [-0.4, -0.2) is 40.2 Å². The Kier molecular flexibility index (Phi) is 3.92. The number of nitrogens with one attached hydrogen (secondary N) is 1. The van der Waals surface area contributed by atoms with Crippen LogP contribution >= 0.6 is 0 Å². The third-order valence-electron chi connectivity index (χ3n) is 4.22. The van der Waals surface area contributed by atoms with Gasteiger partial charge in [-0.15, -0.1) is 0 Å². The Balaban J connectivity index is 1.72. The minimum absolute atomic E-state index is 0.244. The molecular weight excluding hydrogens is 264 g/mol. The van der Waals surface area contributed by atoms with Crippen LogP contribution in [0, 0.1) is 0 Å². The molecule has 0 bridgehead atoms. The summed E-state index contributed by atoms with van der Waals surface area (Å²) in [5.41, 5.74) is 2.28. The number of carbonyl (C=O) groups excluding carboxylic acids is 1. The van der Waals surface area contributed by atoms with Gasteiger partial charge in [-0.1, -0.05) is 18.2 Å². The van der Waals surface area contributed by atoms with E-state index in [1.165, 1.54) is 10.9 Å². The number of fused-ring (bicyclic) bond motifs is 1. The maximum atomic E-state index is 11.5. The SMILES string of the molecule is CCn1nc(CNC2CCC(=O)N(C)C2)c2ccccc21. The van der Waals surface area contributed by atoms with Crippen LogP contribution in [0.25, 0.3) is 10.9 Å². The first kappa shape index (κ1) is 14.1. The van der Waals surface area contributed by atoms with Gasteiger partial charge in [0.05, 0.1) is 11.2 Å². The van der Waals surface area contributed by atoms with Crippen LogP contribution in [0.5, 0.6) is 0 Å². The van der Waals surface area contributed by atoms with Gasteiger partial charge < -0.3 is 10.2 Å². The van der Waals surface area contributed by atoms with Gasteiger partial charge in [-0.3, -0.25) is 9.48 Å². The molecule has 1 aliphatic heterocycles. The number of likely N-dealkylation sites (tertiary alicyclic amines) is 1. The third kappa shape index (κ3) is 2.78. The molecular formula is C16H22N4O. The summed E-state index contributed by atoms with van der Waals surface area (Å²) in [7, 11) is 1.87. The zero-order valence-electron chi connectivity index (χ0n) is 12.7. The molecule has 0 aliphatic carbocycles. The summed E-state index contributed by atoms with van der Waals surface area (Å²) in [5, 5.41) is 9.46. The lowest BCUT2D eigenvalue weighted by Crippen LogP contribution is -2.46. The molecule has 1 fully saturated rings. The van der Waals surface area contributed by atoms with Crippen molar-refractivity contribution in [3.05, 3.63) is 30.0 Å². The second-order valence-corrected chi connectivity index (χ2v) is 5.67. The Labute approximate surface area is 124 Å². The highest BCUT2D eigenvalue weighted by atomic mass is 16.2. The first-order valence-corrected chi connectivity index (χ1v) is 7.60. The van der Waals surface area contributed by atoms with Gasteiger partial charge in [0, 0.05) is 44.5 Å². The van der Waals surface area contributed by atoms with E-state index in [0.29, 0.717) is 12.5 Å². The van der Waals surface area contributed by atoms with Crippen LogP contribution in [-0.2, 0) is 17.9 Å². The molecule has 1 aromatic heterocycles. The van der Waals surface area contributed by atoms with E-state index in [-0.39, 0.29) is 5.91 Å². The lowest BCUT2D eigenvalue weighted by molar-refractivity contribution is -0.132. The van der Waals surface area contributed by atoms with Gasteiger partial charge in [0.1, 0.15) is 0 Å². The third-order valence-corrected chi connectivity index (χ3v) is 4.22. The summed E-state index contributed by atoms with van der Waals surface area (Å²) in [6.45, 7) is 4.52. The van der Waals surface area contributed by atoms with Crippen molar-refractivity contribution in [2.24, 2.45) is 0 Å². The minimum Gasteiger partial charge on any atom is -0.344 e. The van der Waals surface area contributed by atoms with Crippen molar-refractivity contribution in [2.75, 3.05) is 13.6 Å². The maximum Gasteiger partial charge on any atom is 0.222 e. The second-order valence-electron chi connectivity index (χ2n) is 5.67. The van der Waals surface area contributed by atoms with Crippen molar-refractivity contribution in [3.63, 3.8) is 0 Å². The first-order chi connectivity index (χ1) is 10.2. The summed E-state index contributed by atoms with van der Waals surface area (Å²) in [6.07, 6.45) is 1.55. The predicted molar refractivity (Wildman–Crippen MR) is 82.9 cm³/mol. The van der Waals surface area contributed by atoms with Crippen LogP contribution in [0.15, 0.2) is 24.3 Å². The van der Waals surface area contributed by atoms with E-state index in [2.05, 4.69) is 36.5 Å².